The zero-order valence-corrected chi connectivity index (χ0v) is 45.9. The molecule has 0 fully saturated rings. The predicted octanol–water partition coefficient (Wildman–Crippen LogP) is 13.1. The van der Waals surface area contributed by atoms with Crippen molar-refractivity contribution < 1.29 is 77.2 Å². The molecular weight excluding hydrogens is 925 g/mol. The molecule has 0 bridgehead atoms. The van der Waals surface area contributed by atoms with Gasteiger partial charge < -0.3 is 43.1 Å². The number of hydrogen-bond donors (Lipinski definition) is 0. The first-order valence-corrected chi connectivity index (χ1v) is 30.4. The molecule has 0 saturated heterocycles. The molecule has 0 rings (SSSR count). The molecule has 0 aliphatic heterocycles. The van der Waals surface area contributed by atoms with Gasteiger partial charge in [0.25, 0.3) is 0 Å². The monoisotopic (exact) mass is 1020 g/mol. The van der Waals surface area contributed by atoms with Gasteiger partial charge in [0.05, 0.1) is 0 Å². The van der Waals surface area contributed by atoms with Crippen LogP contribution in [-0.4, -0.2) is 17.0 Å². The SMILES string of the molecule is CCCCCCCCC(CCCCCCC)P(=O)([O-])[O-].CCCCCCCCC(CCCCCCC)P(=O)([O-])[O-].CCCCCCCCC(CCCCCCC)P(=O)([O-])[O-].[Fe+3].[Fe+3]. The molecule has 9 nitrogen and oxygen atoms in total. The van der Waals surface area contributed by atoms with E-state index in [1.807, 2.05) is 0 Å². The predicted molar refractivity (Wildman–Crippen MR) is 248 cm³/mol. The normalized spacial score (nSPS) is 13.2. The fourth-order valence-electron chi connectivity index (χ4n) is 7.81. The van der Waals surface area contributed by atoms with Crippen LogP contribution < -0.4 is 29.4 Å². The van der Waals surface area contributed by atoms with Crippen LogP contribution in [0.4, 0.5) is 0 Å². The van der Waals surface area contributed by atoms with Gasteiger partial charge in [-0.15, -0.1) is 0 Å². The largest absolute Gasteiger partial charge is 3.00 e. The standard InChI is InChI=1S/3C16H35O3P.2Fe/c3*1-3-5-7-9-11-13-15-16(20(17,18)19)14-12-10-8-6-4-2;;/h3*16H,3-15H2,1-2H3,(H2,17,18,19);;/q;;;2*+3/p-6. The van der Waals surface area contributed by atoms with Crippen molar-refractivity contribution in [3.8, 4) is 0 Å². The van der Waals surface area contributed by atoms with Crippen molar-refractivity contribution in [3.63, 3.8) is 0 Å². The Bertz CT molecular complexity index is 887. The van der Waals surface area contributed by atoms with Gasteiger partial charge in [-0.2, -0.15) is 0 Å². The maximum absolute atomic E-state index is 11.3. The summed E-state index contributed by atoms with van der Waals surface area (Å²) >= 11 is 0. The molecule has 0 aliphatic rings. The number of hydrogen-bond acceptors (Lipinski definition) is 9. The smallest absolute Gasteiger partial charge is 0.811 e. The second-order valence-electron chi connectivity index (χ2n) is 17.9. The van der Waals surface area contributed by atoms with E-state index >= 15 is 0 Å². The van der Waals surface area contributed by atoms with Crippen LogP contribution in [0, 0.1) is 0 Å². The van der Waals surface area contributed by atoms with Crippen LogP contribution >= 0.6 is 22.8 Å². The Labute approximate surface area is 406 Å². The Hall–Kier alpha value is 1.49. The molecule has 0 spiro atoms. The summed E-state index contributed by atoms with van der Waals surface area (Å²) in [6, 6.07) is 0. The molecule has 0 N–H and O–H groups in total. The maximum Gasteiger partial charge on any atom is 3.00 e. The molecule has 2 radical (unpaired) electrons. The van der Waals surface area contributed by atoms with Crippen LogP contribution in [0.15, 0.2) is 0 Å². The fourth-order valence-corrected chi connectivity index (χ4v) is 10.8. The Kier molecular flexibility index (Phi) is 60.6. The van der Waals surface area contributed by atoms with Crippen molar-refractivity contribution in [1.29, 1.82) is 0 Å². The molecule has 62 heavy (non-hydrogen) atoms. The molecule has 0 aromatic heterocycles. The van der Waals surface area contributed by atoms with E-state index in [0.29, 0.717) is 38.5 Å². The third kappa shape index (κ3) is 54.1. The Morgan fingerprint density at radius 2 is 0.355 bits per heavy atom. The average Bonchev–Trinajstić information content (AvgIpc) is 3.18. The van der Waals surface area contributed by atoms with Gasteiger partial charge in [0.2, 0.25) is 0 Å². The zero-order chi connectivity index (χ0) is 45.8. The van der Waals surface area contributed by atoms with Crippen molar-refractivity contribution in [2.45, 2.75) is 309 Å². The molecule has 0 aliphatic carbocycles. The second-order valence-corrected chi connectivity index (χ2v) is 23.3. The Morgan fingerprint density at radius 3 is 0.468 bits per heavy atom. The van der Waals surface area contributed by atoms with Gasteiger partial charge in [-0.3, -0.25) is 0 Å². The summed E-state index contributed by atoms with van der Waals surface area (Å²) in [5, 5.41) is 0. The van der Waals surface area contributed by atoms with Gasteiger partial charge in [0.15, 0.2) is 0 Å². The molecule has 0 aromatic rings. The first-order valence-electron chi connectivity index (χ1n) is 25.6. The third-order valence-electron chi connectivity index (χ3n) is 11.9. The minimum Gasteiger partial charge on any atom is -0.811 e. The van der Waals surface area contributed by atoms with E-state index < -0.39 is 39.8 Å². The van der Waals surface area contributed by atoms with Crippen molar-refractivity contribution >= 4 is 22.8 Å². The summed E-state index contributed by atoms with van der Waals surface area (Å²) in [4.78, 5) is 67.7. The van der Waals surface area contributed by atoms with E-state index in [0.717, 1.165) is 96.3 Å². The van der Waals surface area contributed by atoms with Crippen molar-refractivity contribution in [3.05, 3.63) is 0 Å². The molecular formula is C48H99Fe2O9P3. The van der Waals surface area contributed by atoms with Crippen LogP contribution in [0.2, 0.25) is 0 Å². The van der Waals surface area contributed by atoms with Crippen LogP contribution in [0.5, 0.6) is 0 Å². The first-order chi connectivity index (χ1) is 28.6. The fraction of sp³-hybridized carbons (Fsp3) is 1.00. The van der Waals surface area contributed by atoms with Crippen molar-refractivity contribution in [2.24, 2.45) is 0 Å². The van der Waals surface area contributed by atoms with Crippen LogP contribution in [-0.2, 0) is 47.8 Å². The van der Waals surface area contributed by atoms with Gasteiger partial charge in [-0.05, 0) is 55.5 Å². The molecule has 3 atom stereocenters. The summed E-state index contributed by atoms with van der Waals surface area (Å²) in [6.45, 7) is 13.0. The van der Waals surface area contributed by atoms with Crippen molar-refractivity contribution in [1.82, 2.24) is 0 Å². The molecule has 0 heterocycles. The summed E-state index contributed by atoms with van der Waals surface area (Å²) in [5.41, 5.74) is -1.85. The maximum atomic E-state index is 11.3. The summed E-state index contributed by atoms with van der Waals surface area (Å²) < 4.78 is 33.9. The molecule has 14 heteroatoms. The van der Waals surface area contributed by atoms with E-state index in [1.54, 1.807) is 0 Å². The van der Waals surface area contributed by atoms with Gasteiger partial charge in [-0.1, -0.05) is 276 Å². The summed E-state index contributed by atoms with van der Waals surface area (Å²) in [5.74, 6) is 0. The van der Waals surface area contributed by atoms with Crippen LogP contribution in [0.1, 0.15) is 292 Å². The van der Waals surface area contributed by atoms with Gasteiger partial charge >= 0.3 is 34.1 Å². The molecule has 0 saturated carbocycles. The minimum atomic E-state index is -4.39. The quantitative estimate of drug-likeness (QED) is 0.0325. The Balaban J connectivity index is -0.000000258. The van der Waals surface area contributed by atoms with Gasteiger partial charge in [0, 0.05) is 0 Å². The van der Waals surface area contributed by atoms with E-state index in [9.17, 15) is 43.1 Å². The third-order valence-corrected chi connectivity index (χ3v) is 16.2. The van der Waals surface area contributed by atoms with Crippen LogP contribution in [0.25, 0.3) is 0 Å². The second kappa shape index (κ2) is 51.9. The van der Waals surface area contributed by atoms with Gasteiger partial charge in [0.1, 0.15) is 0 Å². The van der Waals surface area contributed by atoms with Crippen molar-refractivity contribution in [2.75, 3.05) is 0 Å². The van der Waals surface area contributed by atoms with E-state index in [-0.39, 0.29) is 34.1 Å². The Morgan fingerprint density at radius 1 is 0.242 bits per heavy atom. The zero-order valence-electron chi connectivity index (χ0n) is 41.0. The van der Waals surface area contributed by atoms with E-state index in [2.05, 4.69) is 41.5 Å². The van der Waals surface area contributed by atoms with Gasteiger partial charge in [-0.25, -0.2) is 0 Å². The van der Waals surface area contributed by atoms with E-state index in [4.69, 9.17) is 0 Å². The molecule has 376 valence electrons. The first kappa shape index (κ1) is 72.5. The average molecular weight is 1020 g/mol. The molecule has 3 unspecified atom stereocenters. The summed E-state index contributed by atoms with van der Waals surface area (Å²) in [6.07, 6.45) is 40.3. The summed E-state index contributed by atoms with van der Waals surface area (Å²) in [7, 11) is -13.2. The molecule has 0 amide bonds. The number of rotatable bonds is 42. The minimum absolute atomic E-state index is 0. The molecule has 0 aromatic carbocycles. The topological polar surface area (TPSA) is 190 Å². The van der Waals surface area contributed by atoms with Crippen LogP contribution in [0.3, 0.4) is 0 Å². The van der Waals surface area contributed by atoms with E-state index in [1.165, 1.54) is 116 Å². The number of unbranched alkanes of at least 4 members (excludes halogenated alkanes) is 27.